The highest BCUT2D eigenvalue weighted by Crippen LogP contribution is 2.20. The molecular weight excluding hydrogens is 272 g/mol. The van der Waals surface area contributed by atoms with Gasteiger partial charge in [0.15, 0.2) is 0 Å². The maximum absolute atomic E-state index is 12.0. The molecular formula is C15H28N2O2S. The minimum atomic E-state index is -0.397. The predicted octanol–water partition coefficient (Wildman–Crippen LogP) is 2.87. The largest absolute Gasteiger partial charge is 0.444 e. The Morgan fingerprint density at radius 3 is 2.20 bits per heavy atom. The van der Waals surface area contributed by atoms with E-state index in [1.807, 2.05) is 25.7 Å². The molecule has 2 aliphatic rings. The molecule has 0 saturated carbocycles. The third kappa shape index (κ3) is 5.17. The van der Waals surface area contributed by atoms with E-state index in [1.165, 1.54) is 24.3 Å². The predicted molar refractivity (Wildman–Crippen MR) is 84.3 cm³/mol. The Hall–Kier alpha value is -0.420. The van der Waals surface area contributed by atoms with Crippen molar-refractivity contribution in [2.75, 3.05) is 24.6 Å². The summed E-state index contributed by atoms with van der Waals surface area (Å²) in [6, 6.07) is 1.26. The van der Waals surface area contributed by atoms with Gasteiger partial charge in [-0.3, -0.25) is 0 Å². The molecule has 0 radical (unpaired) electrons. The Morgan fingerprint density at radius 2 is 1.65 bits per heavy atom. The summed E-state index contributed by atoms with van der Waals surface area (Å²) in [7, 11) is 0. The monoisotopic (exact) mass is 300 g/mol. The summed E-state index contributed by atoms with van der Waals surface area (Å²) in [5.41, 5.74) is -0.397. The summed E-state index contributed by atoms with van der Waals surface area (Å²) in [5.74, 6) is 2.57. The van der Waals surface area contributed by atoms with Crippen molar-refractivity contribution in [3.8, 4) is 0 Å². The van der Waals surface area contributed by atoms with Crippen LogP contribution in [0.5, 0.6) is 0 Å². The van der Waals surface area contributed by atoms with Crippen LogP contribution in [-0.4, -0.2) is 53.3 Å². The molecule has 4 nitrogen and oxygen atoms in total. The van der Waals surface area contributed by atoms with Gasteiger partial charge in [0.2, 0.25) is 0 Å². The lowest BCUT2D eigenvalue weighted by molar-refractivity contribution is 0.0195. The van der Waals surface area contributed by atoms with Gasteiger partial charge in [0, 0.05) is 25.2 Å². The quantitative estimate of drug-likeness (QED) is 0.851. The van der Waals surface area contributed by atoms with Crippen LogP contribution in [0.2, 0.25) is 0 Å². The van der Waals surface area contributed by atoms with Crippen molar-refractivity contribution < 1.29 is 9.53 Å². The number of carbonyl (C=O) groups is 1. The van der Waals surface area contributed by atoms with Gasteiger partial charge in [-0.1, -0.05) is 0 Å². The standard InChI is InChI=1S/C15H28N2O2S/c1-15(2,3)19-14(18)17-8-4-12(5-9-17)16-13-6-10-20-11-7-13/h12-13,16H,4-11H2,1-3H3. The molecule has 1 N–H and O–H groups in total. The number of thioether (sulfide) groups is 1. The first-order valence-corrected chi connectivity index (χ1v) is 8.91. The average Bonchev–Trinajstić information content (AvgIpc) is 2.39. The lowest BCUT2D eigenvalue weighted by Crippen LogP contribution is -2.49. The molecule has 0 atom stereocenters. The summed E-state index contributed by atoms with van der Waals surface area (Å²) < 4.78 is 5.43. The number of hydrogen-bond acceptors (Lipinski definition) is 4. The second kappa shape index (κ2) is 7.03. The minimum absolute atomic E-state index is 0.162. The van der Waals surface area contributed by atoms with Crippen LogP contribution in [0.25, 0.3) is 0 Å². The topological polar surface area (TPSA) is 41.6 Å². The van der Waals surface area contributed by atoms with Gasteiger partial charge in [0.1, 0.15) is 5.60 Å². The number of hydrogen-bond donors (Lipinski definition) is 1. The molecule has 0 aromatic heterocycles. The number of amides is 1. The highest BCUT2D eigenvalue weighted by atomic mass is 32.2. The second-order valence-corrected chi connectivity index (χ2v) is 8.02. The number of nitrogens with zero attached hydrogens (tertiary/aromatic N) is 1. The van der Waals surface area contributed by atoms with Crippen molar-refractivity contribution in [2.45, 2.75) is 64.1 Å². The van der Waals surface area contributed by atoms with Crippen molar-refractivity contribution in [1.82, 2.24) is 10.2 Å². The van der Waals surface area contributed by atoms with Crippen LogP contribution < -0.4 is 5.32 Å². The zero-order chi connectivity index (χ0) is 14.6. The van der Waals surface area contributed by atoms with Crippen LogP contribution in [0.4, 0.5) is 4.79 Å². The van der Waals surface area contributed by atoms with Gasteiger partial charge in [-0.2, -0.15) is 11.8 Å². The highest BCUT2D eigenvalue weighted by Gasteiger charge is 2.28. The summed E-state index contributed by atoms with van der Waals surface area (Å²) in [6.45, 7) is 7.38. The molecule has 0 spiro atoms. The number of piperidine rings is 1. The Labute approximate surface area is 127 Å². The lowest BCUT2D eigenvalue weighted by Gasteiger charge is -2.36. The van der Waals surface area contributed by atoms with E-state index in [4.69, 9.17) is 4.74 Å². The number of ether oxygens (including phenoxy) is 1. The smallest absolute Gasteiger partial charge is 0.410 e. The average molecular weight is 300 g/mol. The van der Waals surface area contributed by atoms with Gasteiger partial charge >= 0.3 is 6.09 Å². The maximum atomic E-state index is 12.0. The van der Waals surface area contributed by atoms with Crippen LogP contribution in [0.1, 0.15) is 46.5 Å². The van der Waals surface area contributed by atoms with Crippen LogP contribution in [0.3, 0.4) is 0 Å². The number of rotatable bonds is 2. The fourth-order valence-electron chi connectivity index (χ4n) is 2.75. The molecule has 1 amide bonds. The van der Waals surface area contributed by atoms with E-state index in [-0.39, 0.29) is 6.09 Å². The van der Waals surface area contributed by atoms with Crippen molar-refractivity contribution in [3.63, 3.8) is 0 Å². The highest BCUT2D eigenvalue weighted by molar-refractivity contribution is 7.99. The van der Waals surface area contributed by atoms with E-state index < -0.39 is 5.60 Å². The molecule has 116 valence electrons. The number of carbonyl (C=O) groups excluding carboxylic acids is 1. The lowest BCUT2D eigenvalue weighted by atomic mass is 10.0. The first-order chi connectivity index (χ1) is 9.44. The van der Waals surface area contributed by atoms with Crippen molar-refractivity contribution in [3.05, 3.63) is 0 Å². The van der Waals surface area contributed by atoms with E-state index in [0.29, 0.717) is 12.1 Å². The Kier molecular flexibility index (Phi) is 5.61. The summed E-state index contributed by atoms with van der Waals surface area (Å²) in [6.07, 6.45) is 4.50. The number of nitrogens with one attached hydrogen (secondary N) is 1. The first-order valence-electron chi connectivity index (χ1n) is 7.76. The molecule has 5 heteroatoms. The molecule has 0 unspecified atom stereocenters. The Morgan fingerprint density at radius 1 is 1.10 bits per heavy atom. The normalized spacial score (nSPS) is 22.9. The summed E-state index contributed by atoms with van der Waals surface area (Å²) in [5, 5.41) is 3.77. The van der Waals surface area contributed by atoms with Gasteiger partial charge < -0.3 is 15.0 Å². The molecule has 2 rings (SSSR count). The van der Waals surface area contributed by atoms with E-state index in [2.05, 4.69) is 17.1 Å². The maximum Gasteiger partial charge on any atom is 0.410 e. The van der Waals surface area contributed by atoms with Crippen LogP contribution in [0, 0.1) is 0 Å². The SMILES string of the molecule is CC(C)(C)OC(=O)N1CCC(NC2CCSCC2)CC1. The molecule has 2 aliphatic heterocycles. The minimum Gasteiger partial charge on any atom is -0.444 e. The molecule has 0 bridgehead atoms. The van der Waals surface area contributed by atoms with Crippen LogP contribution in [-0.2, 0) is 4.74 Å². The fraction of sp³-hybridized carbons (Fsp3) is 0.933. The van der Waals surface area contributed by atoms with Gasteiger partial charge in [-0.15, -0.1) is 0 Å². The van der Waals surface area contributed by atoms with E-state index in [9.17, 15) is 4.79 Å². The first kappa shape index (κ1) is 16.0. The van der Waals surface area contributed by atoms with Crippen molar-refractivity contribution in [2.24, 2.45) is 0 Å². The zero-order valence-electron chi connectivity index (χ0n) is 13.0. The zero-order valence-corrected chi connectivity index (χ0v) is 13.8. The third-order valence-electron chi connectivity index (χ3n) is 3.84. The molecule has 20 heavy (non-hydrogen) atoms. The number of likely N-dealkylation sites (tertiary alicyclic amines) is 1. The third-order valence-corrected chi connectivity index (χ3v) is 4.89. The molecule has 0 aromatic rings. The molecule has 0 aliphatic carbocycles. The van der Waals surface area contributed by atoms with Crippen LogP contribution in [0.15, 0.2) is 0 Å². The van der Waals surface area contributed by atoms with Crippen LogP contribution >= 0.6 is 11.8 Å². The van der Waals surface area contributed by atoms with E-state index >= 15 is 0 Å². The fourth-order valence-corrected chi connectivity index (χ4v) is 3.86. The van der Waals surface area contributed by atoms with Crippen molar-refractivity contribution >= 4 is 17.9 Å². The summed E-state index contributed by atoms with van der Waals surface area (Å²) >= 11 is 2.06. The molecule has 0 aromatic carbocycles. The molecule has 2 fully saturated rings. The van der Waals surface area contributed by atoms with Gasteiger partial charge in [0.25, 0.3) is 0 Å². The second-order valence-electron chi connectivity index (χ2n) is 6.79. The van der Waals surface area contributed by atoms with Gasteiger partial charge in [-0.05, 0) is 58.0 Å². The molecule has 2 heterocycles. The molecule has 2 saturated heterocycles. The Bertz CT molecular complexity index is 316. The Balaban J connectivity index is 1.70. The van der Waals surface area contributed by atoms with Gasteiger partial charge in [-0.25, -0.2) is 4.79 Å². The van der Waals surface area contributed by atoms with E-state index in [0.717, 1.165) is 25.9 Å². The van der Waals surface area contributed by atoms with Gasteiger partial charge in [0.05, 0.1) is 0 Å². The summed E-state index contributed by atoms with van der Waals surface area (Å²) in [4.78, 5) is 13.8. The van der Waals surface area contributed by atoms with Crippen molar-refractivity contribution in [1.29, 1.82) is 0 Å². The van der Waals surface area contributed by atoms with E-state index in [1.54, 1.807) is 0 Å².